The van der Waals surface area contributed by atoms with Gasteiger partial charge in [-0.1, -0.05) is 0 Å². The first kappa shape index (κ1) is 21.9. The largest absolute Gasteiger partial charge is 0.416 e. The van der Waals surface area contributed by atoms with Crippen molar-refractivity contribution >= 4 is 17.7 Å². The zero-order valence-electron chi connectivity index (χ0n) is 15.0. The maximum atomic E-state index is 13.4. The van der Waals surface area contributed by atoms with E-state index in [1.807, 2.05) is 0 Å². The van der Waals surface area contributed by atoms with E-state index < -0.39 is 46.6 Å². The number of rotatable bonds is 4. The number of carbonyl (C=O) groups is 1. The molecule has 2 aromatic heterocycles. The lowest BCUT2D eigenvalue weighted by Gasteiger charge is -2.13. The van der Waals surface area contributed by atoms with Crippen molar-refractivity contribution in [2.45, 2.75) is 12.4 Å². The second kappa shape index (κ2) is 7.81. The summed E-state index contributed by atoms with van der Waals surface area (Å²) < 4.78 is 92.4. The number of hydrogen-bond acceptors (Lipinski definition) is 4. The van der Waals surface area contributed by atoms with Crippen LogP contribution in [0, 0.1) is 5.82 Å². The smallest absolute Gasteiger partial charge is 0.366 e. The molecule has 162 valence electrons. The fourth-order valence-corrected chi connectivity index (χ4v) is 2.53. The third-order valence-electron chi connectivity index (χ3n) is 3.90. The number of aromatic nitrogens is 4. The van der Waals surface area contributed by atoms with Crippen molar-refractivity contribution in [1.29, 1.82) is 0 Å². The summed E-state index contributed by atoms with van der Waals surface area (Å²) in [4.78, 5) is 18.9. The number of halogens is 7. The molecule has 1 amide bonds. The van der Waals surface area contributed by atoms with Crippen molar-refractivity contribution < 1.29 is 35.5 Å². The monoisotopic (exact) mass is 445 g/mol. The molecule has 6 nitrogen and oxygen atoms in total. The van der Waals surface area contributed by atoms with Gasteiger partial charge < -0.3 is 5.73 Å². The van der Waals surface area contributed by atoms with Crippen molar-refractivity contribution in [3.8, 4) is 11.4 Å². The standard InChI is InChI=1S/C18H10F7N5O/c19-13-3-10(5-27-6-13)14(15(26)31)7-30-8-28-16(29-30)9-1-11(17(20,21)22)4-12(2-9)18(23,24)25/h1-8H,(H2,26,31)/b14-7+. The Labute approximate surface area is 168 Å². The van der Waals surface area contributed by atoms with E-state index in [0.29, 0.717) is 12.1 Å². The first-order valence-electron chi connectivity index (χ1n) is 8.18. The van der Waals surface area contributed by atoms with Crippen molar-refractivity contribution in [3.05, 3.63) is 65.5 Å². The second-order valence-electron chi connectivity index (χ2n) is 6.14. The van der Waals surface area contributed by atoms with Crippen LogP contribution in [0.15, 0.2) is 43.0 Å². The van der Waals surface area contributed by atoms with E-state index in [9.17, 15) is 35.5 Å². The lowest BCUT2D eigenvalue weighted by Crippen LogP contribution is -2.14. The van der Waals surface area contributed by atoms with Crippen LogP contribution in [-0.4, -0.2) is 25.7 Å². The fraction of sp³-hybridized carbons (Fsp3) is 0.111. The number of alkyl halides is 6. The van der Waals surface area contributed by atoms with Crippen molar-refractivity contribution in [3.63, 3.8) is 0 Å². The summed E-state index contributed by atoms with van der Waals surface area (Å²) in [5.41, 5.74) is 1.33. The van der Waals surface area contributed by atoms with Crippen molar-refractivity contribution in [2.24, 2.45) is 5.73 Å². The topological polar surface area (TPSA) is 86.7 Å². The Hall–Kier alpha value is -3.77. The number of primary amides is 1. The van der Waals surface area contributed by atoms with E-state index >= 15 is 0 Å². The van der Waals surface area contributed by atoms with Crippen LogP contribution < -0.4 is 5.73 Å². The molecule has 2 heterocycles. The van der Waals surface area contributed by atoms with E-state index in [0.717, 1.165) is 35.7 Å². The first-order chi connectivity index (χ1) is 14.3. The highest BCUT2D eigenvalue weighted by Gasteiger charge is 2.37. The molecule has 0 spiro atoms. The van der Waals surface area contributed by atoms with Crippen LogP contribution in [0.1, 0.15) is 16.7 Å². The molecule has 0 aliphatic carbocycles. The number of amides is 1. The summed E-state index contributed by atoms with van der Waals surface area (Å²) in [6.45, 7) is 0. The average Bonchev–Trinajstić information content (AvgIpc) is 3.13. The maximum Gasteiger partial charge on any atom is 0.416 e. The first-order valence-corrected chi connectivity index (χ1v) is 8.18. The van der Waals surface area contributed by atoms with Gasteiger partial charge in [-0.25, -0.2) is 14.1 Å². The van der Waals surface area contributed by atoms with Crippen LogP contribution in [0.5, 0.6) is 0 Å². The fourth-order valence-electron chi connectivity index (χ4n) is 2.53. The van der Waals surface area contributed by atoms with E-state index in [1.165, 1.54) is 0 Å². The molecule has 0 atom stereocenters. The van der Waals surface area contributed by atoms with E-state index in [2.05, 4.69) is 15.1 Å². The van der Waals surface area contributed by atoms with Crippen LogP contribution in [0.25, 0.3) is 23.2 Å². The van der Waals surface area contributed by atoms with Crippen LogP contribution in [-0.2, 0) is 17.1 Å². The Bertz CT molecular complexity index is 1130. The van der Waals surface area contributed by atoms with Gasteiger partial charge in [0, 0.05) is 23.5 Å². The summed E-state index contributed by atoms with van der Waals surface area (Å²) >= 11 is 0. The van der Waals surface area contributed by atoms with E-state index in [4.69, 9.17) is 5.73 Å². The number of benzene rings is 1. The molecule has 0 saturated heterocycles. The number of pyridine rings is 1. The number of nitrogens with two attached hydrogens (primary N) is 1. The van der Waals surface area contributed by atoms with Crippen molar-refractivity contribution in [1.82, 2.24) is 19.7 Å². The predicted molar refractivity (Wildman–Crippen MR) is 93.0 cm³/mol. The maximum absolute atomic E-state index is 13.4. The SMILES string of the molecule is NC(=O)/C(=C/n1cnc(-c2cc(C(F)(F)F)cc(C(F)(F)F)c2)n1)c1cncc(F)c1. The highest BCUT2D eigenvalue weighted by atomic mass is 19.4. The number of nitrogens with zero attached hydrogens (tertiary/aromatic N) is 4. The Kier molecular flexibility index (Phi) is 5.53. The minimum atomic E-state index is -5.04. The molecule has 0 aliphatic rings. The summed E-state index contributed by atoms with van der Waals surface area (Å²) in [5.74, 6) is -2.26. The molecule has 0 radical (unpaired) electrons. The normalized spacial score (nSPS) is 12.8. The molecule has 0 unspecified atom stereocenters. The molecule has 3 aromatic rings. The molecule has 31 heavy (non-hydrogen) atoms. The molecule has 0 bridgehead atoms. The predicted octanol–water partition coefficient (Wildman–Crippen LogP) is 4.00. The third-order valence-corrected chi connectivity index (χ3v) is 3.90. The van der Waals surface area contributed by atoms with Gasteiger partial charge in [0.1, 0.15) is 12.1 Å². The minimum absolute atomic E-state index is 0.0250. The summed E-state index contributed by atoms with van der Waals surface area (Å²) in [7, 11) is 0. The van der Waals surface area contributed by atoms with Crippen LogP contribution in [0.3, 0.4) is 0 Å². The summed E-state index contributed by atoms with van der Waals surface area (Å²) in [6.07, 6.45) is -6.17. The highest BCUT2D eigenvalue weighted by Crippen LogP contribution is 2.38. The van der Waals surface area contributed by atoms with Gasteiger partial charge >= 0.3 is 12.4 Å². The van der Waals surface area contributed by atoms with Crippen LogP contribution in [0.2, 0.25) is 0 Å². The van der Waals surface area contributed by atoms with Crippen molar-refractivity contribution in [2.75, 3.05) is 0 Å². The molecule has 13 heteroatoms. The van der Waals surface area contributed by atoms with E-state index in [1.54, 1.807) is 0 Å². The van der Waals surface area contributed by atoms with Crippen LogP contribution >= 0.6 is 0 Å². The van der Waals surface area contributed by atoms with Gasteiger partial charge in [-0.05, 0) is 24.3 Å². The molecule has 2 N–H and O–H groups in total. The molecular weight excluding hydrogens is 435 g/mol. The van der Waals surface area contributed by atoms with Gasteiger partial charge in [0.2, 0.25) is 0 Å². The Morgan fingerprint density at radius 1 is 0.968 bits per heavy atom. The van der Waals surface area contributed by atoms with Gasteiger partial charge in [0.05, 0.1) is 22.9 Å². The second-order valence-corrected chi connectivity index (χ2v) is 6.14. The molecular formula is C18H10F7N5O. The Morgan fingerprint density at radius 2 is 1.58 bits per heavy atom. The molecule has 0 aliphatic heterocycles. The molecule has 0 fully saturated rings. The average molecular weight is 445 g/mol. The van der Waals surface area contributed by atoms with Gasteiger partial charge in [-0.3, -0.25) is 9.78 Å². The summed E-state index contributed by atoms with van der Waals surface area (Å²) in [6, 6.07) is 1.85. The van der Waals surface area contributed by atoms with Gasteiger partial charge in [-0.2, -0.15) is 26.3 Å². The zero-order valence-corrected chi connectivity index (χ0v) is 15.0. The highest BCUT2D eigenvalue weighted by molar-refractivity contribution is 6.22. The lowest BCUT2D eigenvalue weighted by molar-refractivity contribution is -0.143. The molecule has 0 saturated carbocycles. The zero-order chi connectivity index (χ0) is 23.0. The molecule has 1 aromatic carbocycles. The third kappa shape index (κ3) is 5.05. The summed E-state index contributed by atoms with van der Waals surface area (Å²) in [5, 5.41) is 3.77. The number of hydrogen-bond donors (Lipinski definition) is 1. The Balaban J connectivity index is 2.07. The minimum Gasteiger partial charge on any atom is -0.366 e. The van der Waals surface area contributed by atoms with Crippen LogP contribution in [0.4, 0.5) is 30.7 Å². The van der Waals surface area contributed by atoms with E-state index in [-0.39, 0.29) is 17.2 Å². The van der Waals surface area contributed by atoms with Gasteiger partial charge in [-0.15, -0.1) is 5.10 Å². The molecule has 3 rings (SSSR count). The van der Waals surface area contributed by atoms with Gasteiger partial charge in [0.25, 0.3) is 5.91 Å². The Morgan fingerprint density at radius 3 is 2.10 bits per heavy atom. The number of carbonyl (C=O) groups excluding carboxylic acids is 1. The quantitative estimate of drug-likeness (QED) is 0.486. The van der Waals surface area contributed by atoms with Gasteiger partial charge in [0.15, 0.2) is 5.82 Å². The lowest BCUT2D eigenvalue weighted by atomic mass is 10.0.